The number of para-hydroxylation sites is 1. The Labute approximate surface area is 103 Å². The van der Waals surface area contributed by atoms with Crippen molar-refractivity contribution in [3.05, 3.63) is 36.3 Å². The van der Waals surface area contributed by atoms with Gasteiger partial charge in [0.25, 0.3) is 0 Å². The van der Waals surface area contributed by atoms with Gasteiger partial charge in [-0.15, -0.1) is 0 Å². The quantitative estimate of drug-likeness (QED) is 0.880. The van der Waals surface area contributed by atoms with Crippen molar-refractivity contribution < 1.29 is 13.5 Å². The lowest BCUT2D eigenvalue weighted by Gasteiger charge is -2.08. The van der Waals surface area contributed by atoms with Gasteiger partial charge in [0.1, 0.15) is 11.6 Å². The number of aromatic amines is 1. The molecule has 0 saturated heterocycles. The molecule has 3 N–H and O–H groups in total. The maximum absolute atomic E-state index is 12.3. The summed E-state index contributed by atoms with van der Waals surface area (Å²) in [5.74, 6) is 0.698. The first-order valence-electron chi connectivity index (χ1n) is 5.42. The van der Waals surface area contributed by atoms with Gasteiger partial charge in [0, 0.05) is 5.56 Å². The average molecular weight is 253 g/mol. The van der Waals surface area contributed by atoms with Crippen LogP contribution in [0.15, 0.2) is 30.5 Å². The van der Waals surface area contributed by atoms with Crippen molar-refractivity contribution in [1.29, 1.82) is 0 Å². The lowest BCUT2D eigenvalue weighted by Crippen LogP contribution is -2.06. The summed E-state index contributed by atoms with van der Waals surface area (Å²) in [6.45, 7) is -1.08. The van der Waals surface area contributed by atoms with Crippen molar-refractivity contribution in [3.8, 4) is 17.0 Å². The molecule has 2 aromatic rings. The minimum absolute atomic E-state index is 0.104. The van der Waals surface area contributed by atoms with E-state index in [1.54, 1.807) is 31.3 Å². The number of imidazole rings is 1. The number of benzene rings is 1. The van der Waals surface area contributed by atoms with E-state index in [1.807, 2.05) is 0 Å². The van der Waals surface area contributed by atoms with E-state index in [-0.39, 0.29) is 11.8 Å². The summed E-state index contributed by atoms with van der Waals surface area (Å²) in [6, 6.07) is 6.27. The normalized spacial score (nSPS) is 12.7. The number of hydrogen-bond donors (Lipinski definition) is 2. The van der Waals surface area contributed by atoms with E-state index < -0.39 is 6.61 Å². The summed E-state index contributed by atoms with van der Waals surface area (Å²) < 4.78 is 29.0. The molecule has 18 heavy (non-hydrogen) atoms. The first-order chi connectivity index (χ1) is 8.58. The molecule has 1 aromatic carbocycles. The fourth-order valence-electron chi connectivity index (χ4n) is 1.59. The number of aromatic nitrogens is 2. The van der Waals surface area contributed by atoms with Crippen LogP contribution in [-0.4, -0.2) is 16.6 Å². The molecule has 2 rings (SSSR count). The van der Waals surface area contributed by atoms with E-state index in [0.29, 0.717) is 17.1 Å². The predicted molar refractivity (Wildman–Crippen MR) is 63.3 cm³/mol. The third-order valence-corrected chi connectivity index (χ3v) is 2.42. The largest absolute Gasteiger partial charge is 0.434 e. The minimum Gasteiger partial charge on any atom is -0.434 e. The summed E-state index contributed by atoms with van der Waals surface area (Å²) in [5, 5.41) is 0. The third kappa shape index (κ3) is 2.65. The maximum Gasteiger partial charge on any atom is 0.387 e. The smallest absolute Gasteiger partial charge is 0.387 e. The summed E-state index contributed by atoms with van der Waals surface area (Å²) in [4.78, 5) is 7.07. The molecule has 0 saturated carbocycles. The highest BCUT2D eigenvalue weighted by Crippen LogP contribution is 2.30. The third-order valence-electron chi connectivity index (χ3n) is 2.42. The van der Waals surface area contributed by atoms with Gasteiger partial charge in [-0.05, 0) is 19.1 Å². The van der Waals surface area contributed by atoms with Gasteiger partial charge < -0.3 is 15.5 Å². The van der Waals surface area contributed by atoms with Gasteiger partial charge in [-0.25, -0.2) is 4.98 Å². The molecule has 0 aliphatic carbocycles. The molecule has 1 heterocycles. The molecule has 96 valence electrons. The van der Waals surface area contributed by atoms with Crippen LogP contribution in [0.1, 0.15) is 18.8 Å². The van der Waals surface area contributed by atoms with E-state index >= 15 is 0 Å². The molecular weight excluding hydrogens is 240 g/mol. The van der Waals surface area contributed by atoms with Crippen molar-refractivity contribution in [2.24, 2.45) is 5.73 Å². The van der Waals surface area contributed by atoms with Crippen molar-refractivity contribution in [2.45, 2.75) is 19.6 Å². The number of hydrogen-bond acceptors (Lipinski definition) is 3. The lowest BCUT2D eigenvalue weighted by molar-refractivity contribution is -0.0494. The minimum atomic E-state index is -2.86. The molecule has 1 atom stereocenters. The summed E-state index contributed by atoms with van der Waals surface area (Å²) in [7, 11) is 0. The Kier molecular flexibility index (Phi) is 3.57. The van der Waals surface area contributed by atoms with Crippen molar-refractivity contribution in [3.63, 3.8) is 0 Å². The van der Waals surface area contributed by atoms with Gasteiger partial charge in [0.15, 0.2) is 0 Å². The molecule has 0 fully saturated rings. The molecule has 0 radical (unpaired) electrons. The zero-order valence-corrected chi connectivity index (χ0v) is 9.73. The molecule has 1 unspecified atom stereocenters. The lowest BCUT2D eigenvalue weighted by atomic mass is 10.1. The zero-order valence-electron chi connectivity index (χ0n) is 9.73. The molecule has 0 aliphatic heterocycles. The molecule has 0 aliphatic rings. The van der Waals surface area contributed by atoms with Crippen molar-refractivity contribution in [1.82, 2.24) is 9.97 Å². The Balaban J connectivity index is 2.36. The number of ether oxygens (including phenoxy) is 1. The fourth-order valence-corrected chi connectivity index (χ4v) is 1.59. The van der Waals surface area contributed by atoms with Crippen LogP contribution in [0.3, 0.4) is 0 Å². The second-order valence-electron chi connectivity index (χ2n) is 3.85. The molecule has 0 spiro atoms. The highest BCUT2D eigenvalue weighted by atomic mass is 19.3. The van der Waals surface area contributed by atoms with Crippen molar-refractivity contribution >= 4 is 0 Å². The molecule has 0 bridgehead atoms. The molecule has 1 aromatic heterocycles. The highest BCUT2D eigenvalue weighted by Gasteiger charge is 2.13. The van der Waals surface area contributed by atoms with Gasteiger partial charge in [0.05, 0.1) is 17.9 Å². The van der Waals surface area contributed by atoms with E-state index in [1.165, 1.54) is 6.07 Å². The van der Waals surface area contributed by atoms with E-state index in [9.17, 15) is 8.78 Å². The van der Waals surface area contributed by atoms with Gasteiger partial charge in [-0.2, -0.15) is 8.78 Å². The Morgan fingerprint density at radius 3 is 2.67 bits per heavy atom. The maximum atomic E-state index is 12.3. The average Bonchev–Trinajstić information content (AvgIpc) is 2.78. The summed E-state index contributed by atoms with van der Waals surface area (Å²) in [5.41, 5.74) is 6.80. The Hall–Kier alpha value is -1.95. The second-order valence-corrected chi connectivity index (χ2v) is 3.85. The monoisotopic (exact) mass is 253 g/mol. The number of alkyl halides is 2. The van der Waals surface area contributed by atoms with E-state index in [0.717, 1.165) is 0 Å². The standard InChI is InChI=1S/C12H13F2N3O/c1-7(15)11-16-6-9(17-11)8-4-2-3-5-10(8)18-12(13)14/h2-7,12H,15H2,1H3,(H,16,17). The first kappa shape index (κ1) is 12.5. The van der Waals surface area contributed by atoms with E-state index in [4.69, 9.17) is 5.73 Å². The van der Waals surface area contributed by atoms with Crippen LogP contribution in [0.5, 0.6) is 5.75 Å². The number of nitrogens with zero attached hydrogens (tertiary/aromatic N) is 1. The van der Waals surface area contributed by atoms with Gasteiger partial charge >= 0.3 is 6.61 Å². The second kappa shape index (κ2) is 5.14. The van der Waals surface area contributed by atoms with Crippen LogP contribution in [0.4, 0.5) is 8.78 Å². The Morgan fingerprint density at radius 2 is 2.06 bits per heavy atom. The van der Waals surface area contributed by atoms with Crippen LogP contribution >= 0.6 is 0 Å². The van der Waals surface area contributed by atoms with Crippen LogP contribution in [-0.2, 0) is 0 Å². The van der Waals surface area contributed by atoms with Gasteiger partial charge in [-0.3, -0.25) is 0 Å². The molecule has 0 amide bonds. The Bertz CT molecular complexity index is 526. The van der Waals surface area contributed by atoms with Crippen LogP contribution in [0, 0.1) is 0 Å². The number of halogens is 2. The van der Waals surface area contributed by atoms with Gasteiger partial charge in [0.2, 0.25) is 0 Å². The Morgan fingerprint density at radius 1 is 1.33 bits per heavy atom. The van der Waals surface area contributed by atoms with Crippen LogP contribution in [0.2, 0.25) is 0 Å². The van der Waals surface area contributed by atoms with Crippen LogP contribution in [0.25, 0.3) is 11.3 Å². The number of H-pyrrole nitrogens is 1. The zero-order chi connectivity index (χ0) is 13.1. The highest BCUT2D eigenvalue weighted by molar-refractivity contribution is 5.66. The molecular formula is C12H13F2N3O. The predicted octanol–water partition coefficient (Wildman–Crippen LogP) is 2.70. The number of rotatable bonds is 4. The fraction of sp³-hybridized carbons (Fsp3) is 0.250. The summed E-state index contributed by atoms with van der Waals surface area (Å²) >= 11 is 0. The number of nitrogens with one attached hydrogen (secondary N) is 1. The topological polar surface area (TPSA) is 63.9 Å². The van der Waals surface area contributed by atoms with Gasteiger partial charge in [-0.1, -0.05) is 12.1 Å². The summed E-state index contributed by atoms with van der Waals surface area (Å²) in [6.07, 6.45) is 1.55. The van der Waals surface area contributed by atoms with E-state index in [2.05, 4.69) is 14.7 Å². The van der Waals surface area contributed by atoms with Crippen molar-refractivity contribution in [2.75, 3.05) is 0 Å². The first-order valence-corrected chi connectivity index (χ1v) is 5.42. The SMILES string of the molecule is CC(N)c1ncc(-c2ccccc2OC(F)F)[nH]1. The molecule has 4 nitrogen and oxygen atoms in total. The number of nitrogens with two attached hydrogens (primary N) is 1. The molecule has 6 heteroatoms. The van der Waals surface area contributed by atoms with Crippen LogP contribution < -0.4 is 10.5 Å².